The molecule has 0 bridgehead atoms. The molecule has 2 aromatic heterocycles. The topological polar surface area (TPSA) is 81.1 Å². The molecule has 0 aromatic carbocycles. The van der Waals surface area contributed by atoms with Gasteiger partial charge in [0, 0.05) is 36.3 Å². The average Bonchev–Trinajstić information content (AvgIpc) is 2.94. The molecule has 2 aromatic rings. The van der Waals surface area contributed by atoms with Crippen molar-refractivity contribution in [3.8, 4) is 0 Å². The number of thiazole rings is 1. The lowest BCUT2D eigenvalue weighted by molar-refractivity contribution is 0.0816. The molecule has 8 heteroatoms. The first kappa shape index (κ1) is 15.6. The predicted octanol–water partition coefficient (Wildman–Crippen LogP) is 2.02. The molecule has 1 saturated heterocycles. The van der Waals surface area contributed by atoms with Gasteiger partial charge in [0.15, 0.2) is 5.13 Å². The molecule has 1 aliphatic carbocycles. The van der Waals surface area contributed by atoms with Crippen LogP contribution in [0.25, 0.3) is 0 Å². The second-order valence-corrected chi connectivity index (χ2v) is 7.28. The molecular weight excluding hydrogens is 326 g/mol. The van der Waals surface area contributed by atoms with Gasteiger partial charge in [0.1, 0.15) is 11.8 Å². The summed E-state index contributed by atoms with van der Waals surface area (Å²) in [6.45, 7) is 2.65. The molecule has 1 aliphatic heterocycles. The molecule has 0 unspecified atom stereocenters. The fourth-order valence-corrected chi connectivity index (χ4v) is 3.70. The zero-order chi connectivity index (χ0) is 16.7. The average molecular weight is 347 g/mol. The Labute approximate surface area is 144 Å². The summed E-state index contributed by atoms with van der Waals surface area (Å²) in [5.41, 5.74) is 2.57. The molecule has 2 aliphatic rings. The normalized spacial score (nSPS) is 23.4. The van der Waals surface area contributed by atoms with Crippen LogP contribution in [0.3, 0.4) is 0 Å². The standard InChI is InChI=1S/C16H21N5O2S/c1-9-11(7-17-21(9)2)14-12(5-6-23-14)19-15(22)13-8-24-16(20-13)18-10-3-4-10/h7-8,10,12,14H,3-6H2,1-2H3,(H,18,20)(H,19,22)/t12-,14+/m0/s1. The lowest BCUT2D eigenvalue weighted by atomic mass is 10.0. The lowest BCUT2D eigenvalue weighted by Gasteiger charge is -2.19. The van der Waals surface area contributed by atoms with Crippen LogP contribution >= 0.6 is 11.3 Å². The monoisotopic (exact) mass is 347 g/mol. The Balaban J connectivity index is 1.44. The molecule has 128 valence electrons. The molecule has 7 nitrogen and oxygen atoms in total. The van der Waals surface area contributed by atoms with Gasteiger partial charge >= 0.3 is 0 Å². The Morgan fingerprint density at radius 1 is 1.42 bits per heavy atom. The summed E-state index contributed by atoms with van der Waals surface area (Å²) >= 11 is 1.48. The van der Waals surface area contributed by atoms with Gasteiger partial charge in [0.05, 0.1) is 12.2 Å². The van der Waals surface area contributed by atoms with E-state index in [4.69, 9.17) is 4.74 Å². The number of hydrogen-bond acceptors (Lipinski definition) is 6. The van der Waals surface area contributed by atoms with Crippen LogP contribution in [0.15, 0.2) is 11.6 Å². The quantitative estimate of drug-likeness (QED) is 0.865. The maximum absolute atomic E-state index is 12.5. The first-order valence-electron chi connectivity index (χ1n) is 8.25. The highest BCUT2D eigenvalue weighted by atomic mass is 32.1. The fourth-order valence-electron chi connectivity index (χ4n) is 2.93. The van der Waals surface area contributed by atoms with Crippen LogP contribution in [0, 0.1) is 6.92 Å². The third-order valence-electron chi connectivity index (χ3n) is 4.63. The van der Waals surface area contributed by atoms with Gasteiger partial charge in [-0.05, 0) is 26.2 Å². The zero-order valence-electron chi connectivity index (χ0n) is 13.8. The van der Waals surface area contributed by atoms with E-state index in [1.165, 1.54) is 24.2 Å². The molecule has 24 heavy (non-hydrogen) atoms. The minimum Gasteiger partial charge on any atom is -0.371 e. The summed E-state index contributed by atoms with van der Waals surface area (Å²) in [5.74, 6) is -0.142. The fraction of sp³-hybridized carbons (Fsp3) is 0.562. The van der Waals surface area contributed by atoms with Gasteiger partial charge in [-0.3, -0.25) is 9.48 Å². The van der Waals surface area contributed by atoms with Gasteiger partial charge in [0.25, 0.3) is 5.91 Å². The molecular formula is C16H21N5O2S. The van der Waals surface area contributed by atoms with Crippen molar-refractivity contribution in [1.82, 2.24) is 20.1 Å². The first-order chi connectivity index (χ1) is 11.6. The number of aromatic nitrogens is 3. The van der Waals surface area contributed by atoms with E-state index in [-0.39, 0.29) is 18.1 Å². The highest BCUT2D eigenvalue weighted by Gasteiger charge is 2.33. The Hall–Kier alpha value is -1.93. The summed E-state index contributed by atoms with van der Waals surface area (Å²) in [5, 5.41) is 13.3. The number of rotatable bonds is 5. The van der Waals surface area contributed by atoms with Crippen LogP contribution in [0.2, 0.25) is 0 Å². The number of anilines is 1. The number of nitrogens with one attached hydrogen (secondary N) is 2. The third kappa shape index (κ3) is 3.03. The van der Waals surface area contributed by atoms with Crippen LogP contribution in [0.1, 0.15) is 47.1 Å². The Morgan fingerprint density at radius 2 is 2.25 bits per heavy atom. The summed E-state index contributed by atoms with van der Waals surface area (Å²) in [6, 6.07) is 0.482. The zero-order valence-corrected chi connectivity index (χ0v) is 14.6. The van der Waals surface area contributed by atoms with Gasteiger partial charge in [-0.15, -0.1) is 11.3 Å². The largest absolute Gasteiger partial charge is 0.371 e. The smallest absolute Gasteiger partial charge is 0.271 e. The van der Waals surface area contributed by atoms with Crippen LogP contribution < -0.4 is 10.6 Å². The van der Waals surface area contributed by atoms with Crippen molar-refractivity contribution >= 4 is 22.4 Å². The lowest BCUT2D eigenvalue weighted by Crippen LogP contribution is -2.37. The highest BCUT2D eigenvalue weighted by Crippen LogP contribution is 2.31. The second kappa shape index (κ2) is 6.18. The molecule has 1 amide bonds. The number of carbonyl (C=O) groups excluding carboxylic acids is 1. The van der Waals surface area contributed by atoms with Crippen molar-refractivity contribution in [2.45, 2.75) is 44.4 Å². The van der Waals surface area contributed by atoms with Crippen LogP contribution in [0.5, 0.6) is 0 Å². The Morgan fingerprint density at radius 3 is 2.96 bits per heavy atom. The van der Waals surface area contributed by atoms with Gasteiger partial charge in [-0.25, -0.2) is 4.98 Å². The number of nitrogens with zero attached hydrogens (tertiary/aromatic N) is 3. The number of ether oxygens (including phenoxy) is 1. The first-order valence-corrected chi connectivity index (χ1v) is 9.13. The van der Waals surface area contributed by atoms with Gasteiger partial charge < -0.3 is 15.4 Å². The van der Waals surface area contributed by atoms with E-state index < -0.39 is 0 Å². The Kier molecular flexibility index (Phi) is 4.01. The molecule has 2 fully saturated rings. The molecule has 3 heterocycles. The summed E-state index contributed by atoms with van der Waals surface area (Å²) in [6.07, 6.45) is 4.84. The Bertz CT molecular complexity index is 751. The van der Waals surface area contributed by atoms with Crippen molar-refractivity contribution in [2.24, 2.45) is 7.05 Å². The summed E-state index contributed by atoms with van der Waals surface area (Å²) < 4.78 is 7.68. The van der Waals surface area contributed by atoms with Crippen molar-refractivity contribution in [3.05, 3.63) is 28.5 Å². The number of carbonyl (C=O) groups is 1. The van der Waals surface area contributed by atoms with E-state index in [1.54, 1.807) is 5.38 Å². The molecule has 2 N–H and O–H groups in total. The number of amides is 1. The molecule has 1 saturated carbocycles. The summed E-state index contributed by atoms with van der Waals surface area (Å²) in [7, 11) is 1.91. The highest BCUT2D eigenvalue weighted by molar-refractivity contribution is 7.13. The minimum atomic E-state index is -0.148. The van der Waals surface area contributed by atoms with Crippen LogP contribution in [-0.4, -0.2) is 39.4 Å². The van der Waals surface area contributed by atoms with E-state index in [2.05, 4.69) is 20.7 Å². The van der Waals surface area contributed by atoms with E-state index in [9.17, 15) is 4.79 Å². The molecule has 0 radical (unpaired) electrons. The van der Waals surface area contributed by atoms with Crippen molar-refractivity contribution in [1.29, 1.82) is 0 Å². The number of hydrogen-bond donors (Lipinski definition) is 2. The van der Waals surface area contributed by atoms with Gasteiger partial charge in [0.2, 0.25) is 0 Å². The van der Waals surface area contributed by atoms with E-state index in [0.717, 1.165) is 22.8 Å². The van der Waals surface area contributed by atoms with E-state index in [1.807, 2.05) is 24.9 Å². The molecule has 2 atom stereocenters. The summed E-state index contributed by atoms with van der Waals surface area (Å²) in [4.78, 5) is 16.9. The maximum atomic E-state index is 12.5. The van der Waals surface area contributed by atoms with E-state index >= 15 is 0 Å². The maximum Gasteiger partial charge on any atom is 0.271 e. The van der Waals surface area contributed by atoms with E-state index in [0.29, 0.717) is 18.3 Å². The number of aryl methyl sites for hydroxylation is 1. The van der Waals surface area contributed by atoms with Gasteiger partial charge in [-0.2, -0.15) is 5.10 Å². The van der Waals surface area contributed by atoms with Gasteiger partial charge in [-0.1, -0.05) is 0 Å². The van der Waals surface area contributed by atoms with Crippen LogP contribution in [-0.2, 0) is 11.8 Å². The predicted molar refractivity (Wildman–Crippen MR) is 91.3 cm³/mol. The second-order valence-electron chi connectivity index (χ2n) is 6.43. The molecule has 0 spiro atoms. The molecule has 4 rings (SSSR count). The van der Waals surface area contributed by atoms with Crippen molar-refractivity contribution in [3.63, 3.8) is 0 Å². The third-order valence-corrected chi connectivity index (χ3v) is 5.40. The van der Waals surface area contributed by atoms with Crippen molar-refractivity contribution < 1.29 is 9.53 Å². The minimum absolute atomic E-state index is 0.0538. The SMILES string of the molecule is Cc1c([C@H]2OCC[C@@H]2NC(=O)c2csc(NC3CC3)n2)cnn1C. The van der Waals surface area contributed by atoms with Crippen molar-refractivity contribution in [2.75, 3.05) is 11.9 Å². The van der Waals surface area contributed by atoms with Crippen LogP contribution in [0.4, 0.5) is 5.13 Å².